The van der Waals surface area contributed by atoms with Crippen LogP contribution >= 0.6 is 0 Å². The van der Waals surface area contributed by atoms with Gasteiger partial charge < -0.3 is 15.8 Å². The second kappa shape index (κ2) is 6.12. The highest BCUT2D eigenvalue weighted by atomic mass is 16.5. The van der Waals surface area contributed by atoms with Gasteiger partial charge in [0, 0.05) is 18.2 Å². The van der Waals surface area contributed by atoms with Crippen LogP contribution in [0.5, 0.6) is 5.75 Å². The van der Waals surface area contributed by atoms with E-state index < -0.39 is 0 Å². The first kappa shape index (κ1) is 12.5. The van der Waals surface area contributed by atoms with Crippen molar-refractivity contribution in [2.75, 3.05) is 13.7 Å². The molecule has 1 atom stereocenters. The van der Waals surface area contributed by atoms with E-state index in [-0.39, 0.29) is 11.9 Å². The van der Waals surface area contributed by atoms with Gasteiger partial charge in [0.25, 0.3) is 0 Å². The number of nitrogens with one attached hydrogen (secondary N) is 1. The molecule has 4 nitrogen and oxygen atoms in total. The maximum absolute atomic E-state index is 11.6. The number of nitrogens with two attached hydrogens (primary N) is 1. The van der Waals surface area contributed by atoms with Crippen molar-refractivity contribution in [2.45, 2.75) is 19.4 Å². The second-order valence-electron chi connectivity index (χ2n) is 3.77. The van der Waals surface area contributed by atoms with Gasteiger partial charge in [-0.25, -0.2) is 0 Å². The molecule has 1 rings (SSSR count). The maximum Gasteiger partial charge on any atom is 0.224 e. The number of carbonyl (C=O) groups is 1. The molecule has 3 N–H and O–H groups in total. The molecule has 0 bridgehead atoms. The number of amides is 1. The number of ether oxygens (including phenoxy) is 1. The van der Waals surface area contributed by atoms with Crippen LogP contribution in [0.2, 0.25) is 0 Å². The lowest BCUT2D eigenvalue weighted by atomic mass is 10.1. The van der Waals surface area contributed by atoms with Crippen LogP contribution in [-0.4, -0.2) is 25.6 Å². The smallest absolute Gasteiger partial charge is 0.224 e. The van der Waals surface area contributed by atoms with E-state index in [0.29, 0.717) is 13.0 Å². The van der Waals surface area contributed by atoms with Crippen LogP contribution in [0.4, 0.5) is 0 Å². The molecule has 1 amide bonds. The fourth-order valence-corrected chi connectivity index (χ4v) is 1.36. The average Bonchev–Trinajstić information content (AvgIpc) is 2.27. The SMILES string of the molecule is COc1ccccc1CC(=O)NCC(C)N. The predicted octanol–water partition coefficient (Wildman–Crippen LogP) is 0.701. The van der Waals surface area contributed by atoms with Crippen molar-refractivity contribution in [1.82, 2.24) is 5.32 Å². The number of methoxy groups -OCH3 is 1. The Morgan fingerprint density at radius 2 is 2.19 bits per heavy atom. The van der Waals surface area contributed by atoms with Gasteiger partial charge in [-0.15, -0.1) is 0 Å². The summed E-state index contributed by atoms with van der Waals surface area (Å²) in [5.74, 6) is 0.695. The summed E-state index contributed by atoms with van der Waals surface area (Å²) in [5, 5.41) is 2.76. The molecule has 0 aliphatic rings. The van der Waals surface area contributed by atoms with Gasteiger partial charge in [0.05, 0.1) is 13.5 Å². The van der Waals surface area contributed by atoms with E-state index in [4.69, 9.17) is 10.5 Å². The molecule has 4 heteroatoms. The van der Waals surface area contributed by atoms with Crippen molar-refractivity contribution in [1.29, 1.82) is 0 Å². The van der Waals surface area contributed by atoms with Crippen LogP contribution in [-0.2, 0) is 11.2 Å². The first-order valence-electron chi connectivity index (χ1n) is 5.27. The van der Waals surface area contributed by atoms with Crippen molar-refractivity contribution in [3.05, 3.63) is 29.8 Å². The van der Waals surface area contributed by atoms with Gasteiger partial charge in [-0.1, -0.05) is 18.2 Å². The molecular formula is C12H18N2O2. The van der Waals surface area contributed by atoms with E-state index in [1.165, 1.54) is 0 Å². The standard InChI is InChI=1S/C12H18N2O2/c1-9(13)8-14-12(15)7-10-5-3-4-6-11(10)16-2/h3-6,9H,7-8,13H2,1-2H3,(H,14,15). The van der Waals surface area contributed by atoms with E-state index in [0.717, 1.165) is 11.3 Å². The second-order valence-corrected chi connectivity index (χ2v) is 3.77. The third-order valence-corrected chi connectivity index (χ3v) is 2.16. The molecule has 0 saturated heterocycles. The fourth-order valence-electron chi connectivity index (χ4n) is 1.36. The Kier molecular flexibility index (Phi) is 4.79. The van der Waals surface area contributed by atoms with Crippen LogP contribution in [0, 0.1) is 0 Å². The Morgan fingerprint density at radius 1 is 1.50 bits per heavy atom. The number of hydrogen-bond donors (Lipinski definition) is 2. The highest BCUT2D eigenvalue weighted by Crippen LogP contribution is 2.17. The summed E-state index contributed by atoms with van der Waals surface area (Å²) in [6, 6.07) is 7.46. The third-order valence-electron chi connectivity index (χ3n) is 2.16. The van der Waals surface area contributed by atoms with Crippen LogP contribution in [0.25, 0.3) is 0 Å². The lowest BCUT2D eigenvalue weighted by Crippen LogP contribution is -2.35. The summed E-state index contributed by atoms with van der Waals surface area (Å²) in [6.45, 7) is 2.34. The van der Waals surface area contributed by atoms with Gasteiger partial charge in [0.2, 0.25) is 5.91 Å². The molecule has 0 aliphatic carbocycles. The molecule has 88 valence electrons. The van der Waals surface area contributed by atoms with Gasteiger partial charge >= 0.3 is 0 Å². The Hall–Kier alpha value is -1.55. The molecule has 0 aromatic heterocycles. The van der Waals surface area contributed by atoms with E-state index in [1.54, 1.807) is 7.11 Å². The molecule has 0 radical (unpaired) electrons. The van der Waals surface area contributed by atoms with Crippen molar-refractivity contribution in [3.63, 3.8) is 0 Å². The zero-order chi connectivity index (χ0) is 12.0. The average molecular weight is 222 g/mol. The van der Waals surface area contributed by atoms with Crippen LogP contribution < -0.4 is 15.8 Å². The monoisotopic (exact) mass is 222 g/mol. The lowest BCUT2D eigenvalue weighted by Gasteiger charge is -2.10. The molecule has 0 aliphatic heterocycles. The topological polar surface area (TPSA) is 64.3 Å². The van der Waals surface area contributed by atoms with Gasteiger partial charge in [0.15, 0.2) is 0 Å². The molecule has 1 aromatic rings. The van der Waals surface area contributed by atoms with E-state index in [9.17, 15) is 4.79 Å². The number of para-hydroxylation sites is 1. The number of hydrogen-bond acceptors (Lipinski definition) is 3. The lowest BCUT2D eigenvalue weighted by molar-refractivity contribution is -0.120. The summed E-state index contributed by atoms with van der Waals surface area (Å²) in [7, 11) is 1.60. The summed E-state index contributed by atoms with van der Waals surface area (Å²) < 4.78 is 5.17. The van der Waals surface area contributed by atoms with Crippen LogP contribution in [0.15, 0.2) is 24.3 Å². The minimum Gasteiger partial charge on any atom is -0.496 e. The van der Waals surface area contributed by atoms with Crippen LogP contribution in [0.3, 0.4) is 0 Å². The van der Waals surface area contributed by atoms with Crippen molar-refractivity contribution in [2.24, 2.45) is 5.73 Å². The molecular weight excluding hydrogens is 204 g/mol. The quantitative estimate of drug-likeness (QED) is 0.771. The molecule has 0 heterocycles. The predicted molar refractivity (Wildman–Crippen MR) is 63.4 cm³/mol. The van der Waals surface area contributed by atoms with E-state index in [2.05, 4.69) is 5.32 Å². The molecule has 1 aromatic carbocycles. The summed E-state index contributed by atoms with van der Waals surface area (Å²) in [6.07, 6.45) is 0.316. The largest absolute Gasteiger partial charge is 0.496 e. The van der Waals surface area contributed by atoms with Gasteiger partial charge in [-0.2, -0.15) is 0 Å². The molecule has 0 spiro atoms. The summed E-state index contributed by atoms with van der Waals surface area (Å²) in [4.78, 5) is 11.6. The Balaban J connectivity index is 2.55. The van der Waals surface area contributed by atoms with Crippen LogP contribution in [0.1, 0.15) is 12.5 Å². The van der Waals surface area contributed by atoms with Gasteiger partial charge in [-0.05, 0) is 13.0 Å². The van der Waals surface area contributed by atoms with Crippen molar-refractivity contribution in [3.8, 4) is 5.75 Å². The first-order valence-corrected chi connectivity index (χ1v) is 5.27. The van der Waals surface area contributed by atoms with E-state index >= 15 is 0 Å². The highest BCUT2D eigenvalue weighted by molar-refractivity contribution is 5.79. The zero-order valence-electron chi connectivity index (χ0n) is 9.69. The fraction of sp³-hybridized carbons (Fsp3) is 0.417. The molecule has 0 fully saturated rings. The van der Waals surface area contributed by atoms with Gasteiger partial charge in [-0.3, -0.25) is 4.79 Å². The minimum atomic E-state index is -0.0400. The maximum atomic E-state index is 11.6. The Morgan fingerprint density at radius 3 is 2.81 bits per heavy atom. The first-order chi connectivity index (χ1) is 7.63. The zero-order valence-corrected chi connectivity index (χ0v) is 9.69. The molecule has 0 saturated carbocycles. The van der Waals surface area contributed by atoms with Gasteiger partial charge in [0.1, 0.15) is 5.75 Å². The normalized spacial score (nSPS) is 11.9. The Bertz CT molecular complexity index is 351. The molecule has 16 heavy (non-hydrogen) atoms. The Labute approximate surface area is 95.8 Å². The third kappa shape index (κ3) is 3.90. The molecule has 1 unspecified atom stereocenters. The highest BCUT2D eigenvalue weighted by Gasteiger charge is 2.07. The number of benzene rings is 1. The number of rotatable bonds is 5. The van der Waals surface area contributed by atoms with E-state index in [1.807, 2.05) is 31.2 Å². The van der Waals surface area contributed by atoms with Crippen molar-refractivity contribution < 1.29 is 9.53 Å². The minimum absolute atomic E-state index is 0.0263. The number of carbonyl (C=O) groups excluding carboxylic acids is 1. The van der Waals surface area contributed by atoms with Crippen molar-refractivity contribution >= 4 is 5.91 Å². The summed E-state index contributed by atoms with van der Waals surface area (Å²) >= 11 is 0. The summed E-state index contributed by atoms with van der Waals surface area (Å²) in [5.41, 5.74) is 6.43.